The van der Waals surface area contributed by atoms with Crippen molar-refractivity contribution < 1.29 is 0 Å². The van der Waals surface area contributed by atoms with Gasteiger partial charge in [0.15, 0.2) is 0 Å². The summed E-state index contributed by atoms with van der Waals surface area (Å²) in [5.41, 5.74) is 9.34. The molecule has 84 valence electrons. The molecule has 0 heterocycles. The van der Waals surface area contributed by atoms with Gasteiger partial charge in [-0.2, -0.15) is 0 Å². The second-order valence-electron chi connectivity index (χ2n) is 4.01. The molecule has 0 aromatic heterocycles. The Morgan fingerprint density at radius 3 is 2.47 bits per heavy atom. The first-order valence-corrected chi connectivity index (χ1v) is 5.77. The summed E-state index contributed by atoms with van der Waals surface area (Å²) in [6.45, 7) is 7.16. The minimum Gasteiger partial charge on any atom is -0.382 e. The Labute approximate surface area is 92.9 Å². The molecule has 0 saturated heterocycles. The van der Waals surface area contributed by atoms with E-state index in [4.69, 9.17) is 5.73 Å². The summed E-state index contributed by atoms with van der Waals surface area (Å²) in [6, 6.07) is 6.95. The lowest BCUT2D eigenvalue weighted by Crippen LogP contribution is -2.17. The molecule has 0 aliphatic carbocycles. The van der Waals surface area contributed by atoms with Crippen LogP contribution in [0.1, 0.15) is 37.8 Å². The van der Waals surface area contributed by atoms with Gasteiger partial charge in [0.2, 0.25) is 0 Å². The Kier molecular flexibility index (Phi) is 4.63. The molecule has 0 unspecified atom stereocenters. The lowest BCUT2D eigenvalue weighted by atomic mass is 10.1. The molecule has 1 aromatic rings. The van der Waals surface area contributed by atoms with Crippen molar-refractivity contribution in [1.82, 2.24) is 0 Å². The largest absolute Gasteiger partial charge is 0.382 e. The standard InChI is InChI=1S/C13H22N2/c1-4-12(5-2)15-13-8-11(9-14)7-6-10(13)3/h6-8,12,15H,4-5,9,14H2,1-3H3. The second-order valence-corrected chi connectivity index (χ2v) is 4.01. The average Bonchev–Trinajstić information content (AvgIpc) is 2.28. The fourth-order valence-electron chi connectivity index (χ4n) is 1.66. The van der Waals surface area contributed by atoms with Gasteiger partial charge in [-0.05, 0) is 37.0 Å². The smallest absolute Gasteiger partial charge is 0.0375 e. The lowest BCUT2D eigenvalue weighted by molar-refractivity contribution is 0.671. The van der Waals surface area contributed by atoms with E-state index >= 15 is 0 Å². The average molecular weight is 206 g/mol. The monoisotopic (exact) mass is 206 g/mol. The normalized spacial score (nSPS) is 10.7. The summed E-state index contributed by atoms with van der Waals surface area (Å²) in [5, 5.41) is 3.57. The Balaban J connectivity index is 2.82. The third-order valence-electron chi connectivity index (χ3n) is 2.88. The Morgan fingerprint density at radius 2 is 1.93 bits per heavy atom. The van der Waals surface area contributed by atoms with E-state index in [1.165, 1.54) is 16.8 Å². The van der Waals surface area contributed by atoms with Gasteiger partial charge in [0, 0.05) is 18.3 Å². The van der Waals surface area contributed by atoms with Crippen LogP contribution in [0.25, 0.3) is 0 Å². The Hall–Kier alpha value is -1.02. The molecule has 1 rings (SSSR count). The van der Waals surface area contributed by atoms with Gasteiger partial charge in [0.25, 0.3) is 0 Å². The lowest BCUT2D eigenvalue weighted by Gasteiger charge is -2.18. The van der Waals surface area contributed by atoms with Crippen LogP contribution in [-0.2, 0) is 6.54 Å². The highest BCUT2D eigenvalue weighted by Gasteiger charge is 2.05. The molecular formula is C13H22N2. The molecule has 0 atom stereocenters. The van der Waals surface area contributed by atoms with Crippen LogP contribution < -0.4 is 11.1 Å². The van der Waals surface area contributed by atoms with Gasteiger partial charge in [-0.3, -0.25) is 0 Å². The minimum absolute atomic E-state index is 0.566. The van der Waals surface area contributed by atoms with Gasteiger partial charge in [-0.25, -0.2) is 0 Å². The number of nitrogens with two attached hydrogens (primary N) is 1. The number of aryl methyl sites for hydroxylation is 1. The molecule has 0 radical (unpaired) electrons. The molecule has 0 amide bonds. The topological polar surface area (TPSA) is 38.0 Å². The van der Waals surface area contributed by atoms with Gasteiger partial charge in [-0.15, -0.1) is 0 Å². The Bertz CT molecular complexity index is 303. The highest BCUT2D eigenvalue weighted by Crippen LogP contribution is 2.19. The zero-order valence-corrected chi connectivity index (χ0v) is 10.0. The maximum atomic E-state index is 5.64. The number of rotatable bonds is 5. The summed E-state index contributed by atoms with van der Waals surface area (Å²) in [7, 11) is 0. The van der Waals surface area contributed by atoms with Crippen LogP contribution in [0.15, 0.2) is 18.2 Å². The predicted octanol–water partition coefficient (Wildman–Crippen LogP) is 3.05. The van der Waals surface area contributed by atoms with Crippen LogP contribution in [0, 0.1) is 6.92 Å². The fourth-order valence-corrected chi connectivity index (χ4v) is 1.66. The van der Waals surface area contributed by atoms with E-state index in [2.05, 4.69) is 44.3 Å². The molecular weight excluding hydrogens is 184 g/mol. The van der Waals surface area contributed by atoms with Crippen LogP contribution in [0.3, 0.4) is 0 Å². The van der Waals surface area contributed by atoms with E-state index in [9.17, 15) is 0 Å². The van der Waals surface area contributed by atoms with E-state index in [1.54, 1.807) is 0 Å². The van der Waals surface area contributed by atoms with E-state index in [0.29, 0.717) is 12.6 Å². The van der Waals surface area contributed by atoms with Crippen molar-refractivity contribution in [3.05, 3.63) is 29.3 Å². The molecule has 3 N–H and O–H groups in total. The minimum atomic E-state index is 0.566. The first-order chi connectivity index (χ1) is 7.21. The zero-order chi connectivity index (χ0) is 11.3. The number of hydrogen-bond donors (Lipinski definition) is 2. The number of nitrogens with one attached hydrogen (secondary N) is 1. The number of hydrogen-bond acceptors (Lipinski definition) is 2. The molecule has 0 spiro atoms. The van der Waals surface area contributed by atoms with Crippen molar-refractivity contribution in [2.75, 3.05) is 5.32 Å². The zero-order valence-electron chi connectivity index (χ0n) is 10.0. The maximum absolute atomic E-state index is 5.64. The van der Waals surface area contributed by atoms with Gasteiger partial charge in [-0.1, -0.05) is 26.0 Å². The van der Waals surface area contributed by atoms with Gasteiger partial charge < -0.3 is 11.1 Å². The molecule has 1 aromatic carbocycles. The third kappa shape index (κ3) is 3.24. The van der Waals surface area contributed by atoms with Crippen LogP contribution >= 0.6 is 0 Å². The van der Waals surface area contributed by atoms with Gasteiger partial charge >= 0.3 is 0 Å². The highest BCUT2D eigenvalue weighted by atomic mass is 14.9. The van der Waals surface area contributed by atoms with Crippen LogP contribution in [0.5, 0.6) is 0 Å². The van der Waals surface area contributed by atoms with Crippen molar-refractivity contribution in [1.29, 1.82) is 0 Å². The quantitative estimate of drug-likeness (QED) is 0.777. The van der Waals surface area contributed by atoms with E-state index in [1.807, 2.05) is 0 Å². The molecule has 2 heteroatoms. The van der Waals surface area contributed by atoms with Crippen molar-refractivity contribution in [3.63, 3.8) is 0 Å². The first-order valence-electron chi connectivity index (χ1n) is 5.77. The predicted molar refractivity (Wildman–Crippen MR) is 67.1 cm³/mol. The van der Waals surface area contributed by atoms with E-state index < -0.39 is 0 Å². The SMILES string of the molecule is CCC(CC)Nc1cc(CN)ccc1C. The number of benzene rings is 1. The first kappa shape index (κ1) is 12.1. The maximum Gasteiger partial charge on any atom is 0.0375 e. The number of anilines is 1. The molecule has 15 heavy (non-hydrogen) atoms. The van der Waals surface area contributed by atoms with E-state index in [0.717, 1.165) is 12.8 Å². The third-order valence-corrected chi connectivity index (χ3v) is 2.88. The van der Waals surface area contributed by atoms with Gasteiger partial charge in [0.1, 0.15) is 0 Å². The van der Waals surface area contributed by atoms with E-state index in [-0.39, 0.29) is 0 Å². The highest BCUT2D eigenvalue weighted by molar-refractivity contribution is 5.53. The second kappa shape index (κ2) is 5.76. The summed E-state index contributed by atoms with van der Waals surface area (Å²) >= 11 is 0. The summed E-state index contributed by atoms with van der Waals surface area (Å²) in [6.07, 6.45) is 2.31. The van der Waals surface area contributed by atoms with Crippen LogP contribution in [0.2, 0.25) is 0 Å². The van der Waals surface area contributed by atoms with Crippen molar-refractivity contribution in [3.8, 4) is 0 Å². The summed E-state index contributed by atoms with van der Waals surface area (Å²) in [5.74, 6) is 0. The van der Waals surface area contributed by atoms with Gasteiger partial charge in [0.05, 0.1) is 0 Å². The molecule has 0 saturated carbocycles. The molecule has 0 aliphatic rings. The molecule has 0 fully saturated rings. The summed E-state index contributed by atoms with van der Waals surface area (Å²) < 4.78 is 0. The molecule has 2 nitrogen and oxygen atoms in total. The fraction of sp³-hybridized carbons (Fsp3) is 0.538. The van der Waals surface area contributed by atoms with Crippen molar-refractivity contribution in [2.45, 2.75) is 46.2 Å². The molecule has 0 aliphatic heterocycles. The molecule has 0 bridgehead atoms. The summed E-state index contributed by atoms with van der Waals surface area (Å²) in [4.78, 5) is 0. The van der Waals surface area contributed by atoms with Crippen LogP contribution in [0.4, 0.5) is 5.69 Å². The van der Waals surface area contributed by atoms with Crippen molar-refractivity contribution in [2.24, 2.45) is 5.73 Å². The Morgan fingerprint density at radius 1 is 1.27 bits per heavy atom. The van der Waals surface area contributed by atoms with Crippen molar-refractivity contribution >= 4 is 5.69 Å². The van der Waals surface area contributed by atoms with Crippen LogP contribution in [-0.4, -0.2) is 6.04 Å².